The molecule has 1 aliphatic carbocycles. The van der Waals surface area contributed by atoms with Gasteiger partial charge in [0.15, 0.2) is 6.23 Å². The Kier molecular flexibility index (Phi) is 8.07. The van der Waals surface area contributed by atoms with Gasteiger partial charge in [0, 0.05) is 26.0 Å². The van der Waals surface area contributed by atoms with Gasteiger partial charge >= 0.3 is 0 Å². The summed E-state index contributed by atoms with van der Waals surface area (Å²) in [6.07, 6.45) is 3.02. The molecule has 0 saturated carbocycles. The molecule has 2 aliphatic rings. The Balaban J connectivity index is 1.23. The first-order chi connectivity index (χ1) is 19.7. The third-order valence-electron chi connectivity index (χ3n) is 7.80. The van der Waals surface area contributed by atoms with Gasteiger partial charge in [0.2, 0.25) is 6.29 Å². The fraction of sp³-hybridized carbons (Fsp3) is 0.257. The van der Waals surface area contributed by atoms with E-state index in [9.17, 15) is 5.11 Å². The van der Waals surface area contributed by atoms with Crippen LogP contribution in [0.2, 0.25) is 0 Å². The Labute approximate surface area is 236 Å². The first-order valence-electron chi connectivity index (χ1n) is 13.9. The van der Waals surface area contributed by atoms with Crippen LogP contribution in [0.1, 0.15) is 45.7 Å². The van der Waals surface area contributed by atoms with Crippen molar-refractivity contribution < 1.29 is 19.3 Å². The van der Waals surface area contributed by atoms with Gasteiger partial charge < -0.3 is 19.3 Å². The van der Waals surface area contributed by atoms with Gasteiger partial charge in [-0.1, -0.05) is 97.1 Å². The van der Waals surface area contributed by atoms with Crippen LogP contribution in [-0.4, -0.2) is 24.7 Å². The quantitative estimate of drug-likeness (QED) is 0.202. The highest BCUT2D eigenvalue weighted by atomic mass is 16.7. The Morgan fingerprint density at radius 1 is 0.850 bits per heavy atom. The highest BCUT2D eigenvalue weighted by Gasteiger charge is 2.30. The highest BCUT2D eigenvalue weighted by molar-refractivity contribution is 5.77. The van der Waals surface area contributed by atoms with Crippen molar-refractivity contribution in [1.29, 1.82) is 0 Å². The molecule has 1 aliphatic heterocycles. The molecule has 0 fully saturated rings. The number of allylic oxidation sites excluding steroid dienone is 1. The van der Waals surface area contributed by atoms with Crippen molar-refractivity contribution in [2.75, 3.05) is 7.11 Å². The van der Waals surface area contributed by atoms with Crippen molar-refractivity contribution in [3.8, 4) is 11.1 Å². The maximum absolute atomic E-state index is 9.35. The predicted molar refractivity (Wildman–Crippen MR) is 156 cm³/mol. The van der Waals surface area contributed by atoms with E-state index < -0.39 is 12.5 Å². The number of aliphatic hydroxyl groups excluding tert-OH is 1. The van der Waals surface area contributed by atoms with Crippen molar-refractivity contribution in [3.63, 3.8) is 0 Å². The number of methoxy groups -OCH3 is 1. The standard InChI is InChI=1S/C35H35NO4/c1-38-35(36-21-24-7-3-2-4-8-24)33-19-29(20-34(40-33)39-23-26-13-11-25(22-37)12-14-26)27-15-16-32-30(17-27)18-28-9-5-6-10-31(28)32/h2-17,19,29,34-37H,18,20-23H2,1H3. The lowest BCUT2D eigenvalue weighted by atomic mass is 9.90. The van der Waals surface area contributed by atoms with Gasteiger partial charge in [-0.3, -0.25) is 5.32 Å². The zero-order valence-electron chi connectivity index (χ0n) is 22.8. The van der Waals surface area contributed by atoms with Crippen molar-refractivity contribution in [2.45, 2.75) is 51.0 Å². The summed E-state index contributed by atoms with van der Waals surface area (Å²) >= 11 is 0. The highest BCUT2D eigenvalue weighted by Crippen LogP contribution is 2.40. The smallest absolute Gasteiger partial charge is 0.200 e. The number of aliphatic hydroxyl groups is 1. The molecule has 6 rings (SSSR count). The molecule has 4 aromatic rings. The maximum atomic E-state index is 9.35. The lowest BCUT2D eigenvalue weighted by Crippen LogP contribution is -2.37. The van der Waals surface area contributed by atoms with Gasteiger partial charge in [0.1, 0.15) is 5.76 Å². The average Bonchev–Trinajstić information content (AvgIpc) is 3.39. The van der Waals surface area contributed by atoms with E-state index in [1.54, 1.807) is 7.11 Å². The first-order valence-corrected chi connectivity index (χ1v) is 13.9. The van der Waals surface area contributed by atoms with E-state index in [0.717, 1.165) is 23.3 Å². The minimum atomic E-state index is -0.427. The van der Waals surface area contributed by atoms with Crippen molar-refractivity contribution in [1.82, 2.24) is 5.32 Å². The Morgan fingerprint density at radius 2 is 1.60 bits per heavy atom. The summed E-state index contributed by atoms with van der Waals surface area (Å²) in [6.45, 7) is 1.11. The largest absolute Gasteiger partial charge is 0.465 e. The number of rotatable bonds is 10. The Bertz CT molecular complexity index is 1460. The van der Waals surface area contributed by atoms with Crippen LogP contribution in [0.4, 0.5) is 0 Å². The van der Waals surface area contributed by atoms with Crippen LogP contribution in [-0.2, 0) is 40.4 Å². The SMILES string of the molecule is COC(NCc1ccccc1)C1=CC(c2ccc3c(c2)Cc2ccccc2-3)CC(OCc2ccc(CO)cc2)O1. The summed E-state index contributed by atoms with van der Waals surface area (Å²) in [5.74, 6) is 0.856. The zero-order chi connectivity index (χ0) is 27.3. The van der Waals surface area contributed by atoms with E-state index in [0.29, 0.717) is 19.6 Å². The molecular weight excluding hydrogens is 498 g/mol. The van der Waals surface area contributed by atoms with E-state index in [2.05, 4.69) is 66.0 Å². The van der Waals surface area contributed by atoms with Crippen LogP contribution in [0.15, 0.2) is 109 Å². The molecule has 0 spiro atoms. The molecule has 3 atom stereocenters. The molecule has 0 saturated heterocycles. The number of hydrogen-bond acceptors (Lipinski definition) is 5. The number of ether oxygens (including phenoxy) is 3. The normalized spacial score (nSPS) is 18.4. The van der Waals surface area contributed by atoms with Crippen LogP contribution < -0.4 is 5.32 Å². The fourth-order valence-electron chi connectivity index (χ4n) is 5.63. The van der Waals surface area contributed by atoms with Gasteiger partial charge in [-0.05, 0) is 57.0 Å². The second-order valence-corrected chi connectivity index (χ2v) is 10.5. The number of nitrogens with one attached hydrogen (secondary N) is 1. The lowest BCUT2D eigenvalue weighted by Gasteiger charge is -2.33. The van der Waals surface area contributed by atoms with Crippen molar-refractivity contribution >= 4 is 0 Å². The molecule has 40 heavy (non-hydrogen) atoms. The van der Waals surface area contributed by atoms with Crippen LogP contribution in [0, 0.1) is 0 Å². The maximum Gasteiger partial charge on any atom is 0.200 e. The molecule has 0 radical (unpaired) electrons. The van der Waals surface area contributed by atoms with Gasteiger partial charge in [-0.15, -0.1) is 0 Å². The van der Waals surface area contributed by atoms with Crippen molar-refractivity contribution in [2.24, 2.45) is 0 Å². The molecule has 4 aromatic carbocycles. The van der Waals surface area contributed by atoms with Gasteiger partial charge in [0.05, 0.1) is 13.2 Å². The predicted octanol–water partition coefficient (Wildman–Crippen LogP) is 6.44. The number of fused-ring (bicyclic) bond motifs is 3. The Morgan fingerprint density at radius 3 is 2.40 bits per heavy atom. The Hall–Kier alpha value is -3.74. The first kappa shape index (κ1) is 26.5. The van der Waals surface area contributed by atoms with Crippen molar-refractivity contribution in [3.05, 3.63) is 142 Å². The van der Waals surface area contributed by atoms with Crippen LogP contribution >= 0.6 is 0 Å². The van der Waals surface area contributed by atoms with E-state index in [1.807, 2.05) is 42.5 Å². The molecule has 0 aromatic heterocycles. The second-order valence-electron chi connectivity index (χ2n) is 10.5. The minimum absolute atomic E-state index is 0.0307. The minimum Gasteiger partial charge on any atom is -0.465 e. The summed E-state index contributed by atoms with van der Waals surface area (Å²) in [7, 11) is 1.70. The van der Waals surface area contributed by atoms with Crippen LogP contribution in [0.25, 0.3) is 11.1 Å². The molecule has 3 unspecified atom stereocenters. The molecule has 5 nitrogen and oxygen atoms in total. The van der Waals surface area contributed by atoms with Crippen LogP contribution in [0.5, 0.6) is 0 Å². The third-order valence-corrected chi connectivity index (χ3v) is 7.80. The summed E-state index contributed by atoms with van der Waals surface area (Å²) in [5, 5.41) is 12.8. The molecular formula is C35H35NO4. The van der Waals surface area contributed by atoms with Gasteiger partial charge in [0.25, 0.3) is 0 Å². The second kappa shape index (κ2) is 12.2. The monoisotopic (exact) mass is 533 g/mol. The molecule has 5 heteroatoms. The molecule has 1 heterocycles. The number of benzene rings is 4. The summed E-state index contributed by atoms with van der Waals surface area (Å²) < 4.78 is 18.6. The summed E-state index contributed by atoms with van der Waals surface area (Å²) in [5.41, 5.74) is 9.77. The van der Waals surface area contributed by atoms with E-state index >= 15 is 0 Å². The topological polar surface area (TPSA) is 60.0 Å². The van der Waals surface area contributed by atoms with E-state index in [-0.39, 0.29) is 12.5 Å². The number of hydrogen-bond donors (Lipinski definition) is 2. The van der Waals surface area contributed by atoms with E-state index in [4.69, 9.17) is 14.2 Å². The zero-order valence-corrected chi connectivity index (χ0v) is 22.8. The molecule has 2 N–H and O–H groups in total. The molecule has 0 amide bonds. The molecule has 0 bridgehead atoms. The average molecular weight is 534 g/mol. The van der Waals surface area contributed by atoms with E-state index in [1.165, 1.54) is 33.4 Å². The lowest BCUT2D eigenvalue weighted by molar-refractivity contribution is -0.151. The summed E-state index contributed by atoms with van der Waals surface area (Å²) in [6, 6.07) is 33.6. The van der Waals surface area contributed by atoms with Crippen LogP contribution in [0.3, 0.4) is 0 Å². The molecule has 204 valence electrons. The van der Waals surface area contributed by atoms with Gasteiger partial charge in [-0.2, -0.15) is 0 Å². The summed E-state index contributed by atoms with van der Waals surface area (Å²) in [4.78, 5) is 0. The third kappa shape index (κ3) is 5.88. The van der Waals surface area contributed by atoms with Gasteiger partial charge in [-0.25, -0.2) is 0 Å². The fourth-order valence-corrected chi connectivity index (χ4v) is 5.63.